The van der Waals surface area contributed by atoms with Crippen molar-refractivity contribution in [3.05, 3.63) is 77.4 Å². The number of carbonyl (C=O) groups is 1. The molecule has 0 bridgehead atoms. The van der Waals surface area contributed by atoms with Gasteiger partial charge in [0.15, 0.2) is 0 Å². The Labute approximate surface area is 201 Å². The van der Waals surface area contributed by atoms with E-state index in [1.54, 1.807) is 0 Å². The van der Waals surface area contributed by atoms with Crippen LogP contribution in [0.15, 0.2) is 66.2 Å². The Morgan fingerprint density at radius 2 is 2.06 bits per heavy atom. The maximum absolute atomic E-state index is 11.7. The smallest absolute Gasteiger partial charge is 0.325 e. The van der Waals surface area contributed by atoms with E-state index in [9.17, 15) is 4.79 Å². The largest absolute Gasteiger partial charge is 0.493 e. The lowest BCUT2D eigenvalue weighted by Gasteiger charge is -2.30. The molecule has 0 saturated carbocycles. The second kappa shape index (κ2) is 12.3. The standard InChI is InChI=1S/C26H32N2O4S/c1-3-6-20-17-21(26(27)33)9-13-24(20)32-16-5-15-31-22-10-8-19-7-4-14-28(18-25(29)30-2)23(19)12-11-22/h4,8-14,17,19H,3,5-7,15-16,18H2,1-2H3,(H2,27,33). The van der Waals surface area contributed by atoms with Gasteiger partial charge >= 0.3 is 5.97 Å². The predicted molar refractivity (Wildman–Crippen MR) is 134 cm³/mol. The molecule has 1 atom stereocenters. The molecular formula is C26H32N2O4S. The summed E-state index contributed by atoms with van der Waals surface area (Å²) in [7, 11) is 1.40. The average Bonchev–Trinajstić information content (AvgIpc) is 3.02. The summed E-state index contributed by atoms with van der Waals surface area (Å²) < 4.78 is 16.8. The Kier molecular flexibility index (Phi) is 9.13. The minimum Gasteiger partial charge on any atom is -0.493 e. The Morgan fingerprint density at radius 3 is 2.82 bits per heavy atom. The van der Waals surface area contributed by atoms with E-state index in [1.807, 2.05) is 47.5 Å². The van der Waals surface area contributed by atoms with Crippen molar-refractivity contribution in [2.45, 2.75) is 32.6 Å². The SMILES string of the molecule is CCCc1cc(C(N)=S)ccc1OCCCOC1=CC=C2C(C=C1)CC=CN2CC(=O)OC. The molecule has 1 unspecified atom stereocenters. The fourth-order valence-corrected chi connectivity index (χ4v) is 3.93. The van der Waals surface area contributed by atoms with Gasteiger partial charge in [-0.1, -0.05) is 37.7 Å². The molecule has 0 fully saturated rings. The number of rotatable bonds is 11. The Hall–Kier alpha value is -3.06. The molecule has 0 aromatic heterocycles. The molecule has 2 aliphatic rings. The molecule has 0 spiro atoms. The zero-order valence-electron chi connectivity index (χ0n) is 19.3. The van der Waals surface area contributed by atoms with E-state index >= 15 is 0 Å². The van der Waals surface area contributed by atoms with Crippen LogP contribution in [-0.2, 0) is 20.7 Å². The van der Waals surface area contributed by atoms with Gasteiger partial charge in [-0.2, -0.15) is 0 Å². The fourth-order valence-electron chi connectivity index (χ4n) is 3.80. The van der Waals surface area contributed by atoms with Gasteiger partial charge in [-0.05, 0) is 54.8 Å². The Bertz CT molecular complexity index is 981. The van der Waals surface area contributed by atoms with Crippen molar-refractivity contribution in [3.8, 4) is 5.75 Å². The monoisotopic (exact) mass is 468 g/mol. The summed E-state index contributed by atoms with van der Waals surface area (Å²) >= 11 is 5.09. The van der Waals surface area contributed by atoms with Gasteiger partial charge in [-0.25, -0.2) is 0 Å². The van der Waals surface area contributed by atoms with Crippen molar-refractivity contribution in [1.29, 1.82) is 0 Å². The zero-order chi connectivity index (χ0) is 23.6. The molecule has 1 aliphatic heterocycles. The van der Waals surface area contributed by atoms with Gasteiger partial charge in [0.1, 0.15) is 23.0 Å². The van der Waals surface area contributed by atoms with Crippen molar-refractivity contribution >= 4 is 23.2 Å². The van der Waals surface area contributed by atoms with Gasteiger partial charge in [0.25, 0.3) is 0 Å². The second-order valence-electron chi connectivity index (χ2n) is 7.94. The van der Waals surface area contributed by atoms with E-state index in [0.717, 1.165) is 54.0 Å². The topological polar surface area (TPSA) is 74.0 Å². The highest BCUT2D eigenvalue weighted by molar-refractivity contribution is 7.80. The second-order valence-corrected chi connectivity index (χ2v) is 8.38. The lowest BCUT2D eigenvalue weighted by Crippen LogP contribution is -2.30. The quantitative estimate of drug-likeness (QED) is 0.293. The minimum absolute atomic E-state index is 0.197. The number of thiocarbonyl (C=S) groups is 1. The van der Waals surface area contributed by atoms with E-state index in [-0.39, 0.29) is 18.4 Å². The van der Waals surface area contributed by atoms with Crippen LogP contribution in [0.3, 0.4) is 0 Å². The van der Waals surface area contributed by atoms with Crippen molar-refractivity contribution in [1.82, 2.24) is 4.90 Å². The minimum atomic E-state index is -0.266. The number of nitrogens with two attached hydrogens (primary N) is 1. The molecule has 33 heavy (non-hydrogen) atoms. The first-order valence-corrected chi connectivity index (χ1v) is 11.7. The van der Waals surface area contributed by atoms with E-state index in [2.05, 4.69) is 19.1 Å². The number of hydrogen-bond acceptors (Lipinski definition) is 6. The summed E-state index contributed by atoms with van der Waals surface area (Å²) in [6, 6.07) is 5.86. The highest BCUT2D eigenvalue weighted by Gasteiger charge is 2.22. The van der Waals surface area contributed by atoms with Crippen LogP contribution < -0.4 is 10.5 Å². The fraction of sp³-hybridized carbons (Fsp3) is 0.385. The number of nitrogens with zero attached hydrogens (tertiary/aromatic N) is 1. The van der Waals surface area contributed by atoms with Crippen LogP contribution in [0.5, 0.6) is 5.75 Å². The third kappa shape index (κ3) is 6.96. The highest BCUT2D eigenvalue weighted by atomic mass is 32.1. The molecule has 0 amide bonds. The number of allylic oxidation sites excluding steroid dienone is 5. The number of aryl methyl sites for hydroxylation is 1. The van der Waals surface area contributed by atoms with Gasteiger partial charge in [-0.3, -0.25) is 4.79 Å². The number of ether oxygens (including phenoxy) is 3. The maximum atomic E-state index is 11.7. The lowest BCUT2D eigenvalue weighted by atomic mass is 9.97. The summed E-state index contributed by atoms with van der Waals surface area (Å²) in [5.74, 6) is 1.61. The predicted octanol–water partition coefficient (Wildman–Crippen LogP) is 4.41. The van der Waals surface area contributed by atoms with Crippen LogP contribution in [0.4, 0.5) is 0 Å². The summed E-state index contributed by atoms with van der Waals surface area (Å²) in [5.41, 5.74) is 8.81. The third-order valence-corrected chi connectivity index (χ3v) is 5.74. The third-order valence-electron chi connectivity index (χ3n) is 5.50. The van der Waals surface area contributed by atoms with Gasteiger partial charge < -0.3 is 24.8 Å². The summed E-state index contributed by atoms with van der Waals surface area (Å²) in [4.78, 5) is 14.0. The number of fused-ring (bicyclic) bond motifs is 1. The first-order valence-electron chi connectivity index (χ1n) is 11.3. The summed E-state index contributed by atoms with van der Waals surface area (Å²) in [6.45, 7) is 3.43. The number of carbonyl (C=O) groups excluding carboxylic acids is 1. The molecule has 1 aromatic carbocycles. The van der Waals surface area contributed by atoms with Gasteiger partial charge in [0.2, 0.25) is 0 Å². The van der Waals surface area contributed by atoms with Crippen LogP contribution in [0.2, 0.25) is 0 Å². The maximum Gasteiger partial charge on any atom is 0.325 e. The van der Waals surface area contributed by atoms with E-state index < -0.39 is 0 Å². The van der Waals surface area contributed by atoms with Crippen LogP contribution in [0, 0.1) is 5.92 Å². The van der Waals surface area contributed by atoms with Gasteiger partial charge in [0, 0.05) is 29.8 Å². The van der Waals surface area contributed by atoms with Gasteiger partial charge in [-0.15, -0.1) is 0 Å². The normalized spacial score (nSPS) is 16.9. The van der Waals surface area contributed by atoms with Crippen molar-refractivity contribution < 1.29 is 19.0 Å². The molecule has 176 valence electrons. The van der Waals surface area contributed by atoms with Gasteiger partial charge in [0.05, 0.1) is 20.3 Å². The first kappa shape index (κ1) is 24.6. The van der Waals surface area contributed by atoms with E-state index in [1.165, 1.54) is 7.11 Å². The van der Waals surface area contributed by atoms with E-state index in [0.29, 0.717) is 18.2 Å². The Morgan fingerprint density at radius 1 is 1.24 bits per heavy atom. The van der Waals surface area contributed by atoms with Crippen LogP contribution in [-0.4, -0.2) is 42.7 Å². The molecule has 0 radical (unpaired) electrons. The molecule has 2 N–H and O–H groups in total. The van der Waals surface area contributed by atoms with E-state index in [4.69, 9.17) is 32.2 Å². The first-order chi connectivity index (χ1) is 16.0. The molecule has 1 heterocycles. The number of esters is 1. The van der Waals surface area contributed by atoms with Crippen molar-refractivity contribution in [2.75, 3.05) is 26.9 Å². The average molecular weight is 469 g/mol. The molecule has 1 aromatic rings. The molecule has 3 rings (SSSR count). The molecular weight excluding hydrogens is 436 g/mol. The molecule has 0 saturated heterocycles. The lowest BCUT2D eigenvalue weighted by molar-refractivity contribution is -0.141. The van der Waals surface area contributed by atoms with Crippen molar-refractivity contribution in [2.24, 2.45) is 11.7 Å². The van der Waals surface area contributed by atoms with Crippen LogP contribution in [0.1, 0.15) is 37.3 Å². The summed E-state index contributed by atoms with van der Waals surface area (Å²) in [6.07, 6.45) is 15.7. The number of methoxy groups -OCH3 is 1. The van der Waals surface area contributed by atoms with Crippen LogP contribution >= 0.6 is 12.2 Å². The van der Waals surface area contributed by atoms with Crippen molar-refractivity contribution in [3.63, 3.8) is 0 Å². The zero-order valence-corrected chi connectivity index (χ0v) is 20.1. The highest BCUT2D eigenvalue weighted by Crippen LogP contribution is 2.29. The number of benzene rings is 1. The summed E-state index contributed by atoms with van der Waals surface area (Å²) in [5, 5.41) is 0. The molecule has 1 aliphatic carbocycles. The molecule has 7 heteroatoms. The molecule has 6 nitrogen and oxygen atoms in total. The Balaban J connectivity index is 1.51. The van der Waals surface area contributed by atoms with Crippen LogP contribution in [0.25, 0.3) is 0 Å². The number of hydrogen-bond donors (Lipinski definition) is 1.